The second-order valence-corrected chi connectivity index (χ2v) is 8.74. The van der Waals surface area contributed by atoms with E-state index >= 15 is 0 Å². The van der Waals surface area contributed by atoms with Crippen LogP contribution in [0.1, 0.15) is 17.4 Å². The van der Waals surface area contributed by atoms with Gasteiger partial charge in [0.2, 0.25) is 0 Å². The molecule has 9 heteroatoms. The molecule has 1 atom stereocenters. The number of hydrogen-bond acceptors (Lipinski definition) is 5. The smallest absolute Gasteiger partial charge is 0.331 e. The van der Waals surface area contributed by atoms with Gasteiger partial charge in [-0.2, -0.15) is 0 Å². The number of benzene rings is 2. The van der Waals surface area contributed by atoms with E-state index in [2.05, 4.69) is 15.9 Å². The van der Waals surface area contributed by atoms with E-state index < -0.39 is 11.8 Å². The molecule has 1 aliphatic heterocycles. The zero-order chi connectivity index (χ0) is 22.7. The van der Waals surface area contributed by atoms with E-state index in [0.717, 1.165) is 14.6 Å². The molecule has 8 nitrogen and oxygen atoms in total. The summed E-state index contributed by atoms with van der Waals surface area (Å²) >= 11 is 3.51. The van der Waals surface area contributed by atoms with Crippen LogP contribution in [0, 0.1) is 0 Å². The van der Waals surface area contributed by atoms with Crippen LogP contribution >= 0.6 is 15.9 Å². The molecule has 0 unspecified atom stereocenters. The number of ether oxygens (including phenoxy) is 1. The van der Waals surface area contributed by atoms with Crippen LogP contribution < -0.4 is 11.2 Å². The number of halogens is 1. The first-order chi connectivity index (χ1) is 15.3. The first-order valence-electron chi connectivity index (χ1n) is 10.0. The second kappa shape index (κ2) is 7.39. The third-order valence-corrected chi connectivity index (χ3v) is 6.45. The molecule has 0 fully saturated rings. The molecule has 2 aromatic heterocycles. The van der Waals surface area contributed by atoms with Crippen molar-refractivity contribution < 1.29 is 14.9 Å². The minimum atomic E-state index is -0.642. The highest BCUT2D eigenvalue weighted by Gasteiger charge is 2.33. The molecule has 0 saturated heterocycles. The van der Waals surface area contributed by atoms with E-state index in [-0.39, 0.29) is 17.1 Å². The Morgan fingerprint density at radius 1 is 1.03 bits per heavy atom. The maximum atomic E-state index is 13.4. The summed E-state index contributed by atoms with van der Waals surface area (Å²) in [6.07, 6.45) is -0.642. The summed E-state index contributed by atoms with van der Waals surface area (Å²) in [6, 6.07) is 12.2. The Bertz CT molecular complexity index is 1520. The number of rotatable bonds is 2. The topological polar surface area (TPSA) is 98.6 Å². The maximum absolute atomic E-state index is 13.4. The monoisotopic (exact) mass is 497 g/mol. The van der Waals surface area contributed by atoms with Gasteiger partial charge in [-0.05, 0) is 29.8 Å². The Hall–Kier alpha value is -3.30. The lowest BCUT2D eigenvalue weighted by atomic mass is 10.0. The SMILES string of the molecule is Cn1c(=O)c2c(-c3cccc(Br)c3)n3c(c2n(C)c1=O)[C@H](c1ccc(O)c(O)c1)OCC3. The number of nitrogens with zero attached hydrogens (tertiary/aromatic N) is 3. The van der Waals surface area contributed by atoms with Gasteiger partial charge < -0.3 is 19.5 Å². The van der Waals surface area contributed by atoms with Crippen molar-refractivity contribution in [1.29, 1.82) is 0 Å². The summed E-state index contributed by atoms with van der Waals surface area (Å²) in [5.74, 6) is -0.503. The standard InChI is InChI=1S/C23H20BrN3O5/c1-25-19-17(22(30)26(2)23(25)31)18(12-4-3-5-14(24)10-12)27-8-9-32-21(20(19)27)13-6-7-15(28)16(29)11-13/h3-7,10-11,21,28-29H,8-9H2,1-2H3/t21-/m0/s1. The third-order valence-electron chi connectivity index (χ3n) is 5.95. The number of aromatic hydroxyl groups is 2. The molecule has 32 heavy (non-hydrogen) atoms. The van der Waals surface area contributed by atoms with Gasteiger partial charge in [-0.15, -0.1) is 0 Å². The molecule has 2 aromatic carbocycles. The zero-order valence-electron chi connectivity index (χ0n) is 17.4. The van der Waals surface area contributed by atoms with Crippen LogP contribution in [0.5, 0.6) is 11.5 Å². The van der Waals surface area contributed by atoms with Gasteiger partial charge in [-0.3, -0.25) is 13.9 Å². The summed E-state index contributed by atoms with van der Waals surface area (Å²) < 4.78 is 11.5. The van der Waals surface area contributed by atoms with Gasteiger partial charge in [0.25, 0.3) is 5.56 Å². The molecule has 4 aromatic rings. The van der Waals surface area contributed by atoms with E-state index in [0.29, 0.717) is 41.0 Å². The minimum absolute atomic E-state index is 0.235. The predicted molar refractivity (Wildman–Crippen MR) is 123 cm³/mol. The van der Waals surface area contributed by atoms with Crippen LogP contribution in [0.4, 0.5) is 0 Å². The first kappa shape index (κ1) is 20.6. The van der Waals surface area contributed by atoms with E-state index in [1.54, 1.807) is 13.1 Å². The van der Waals surface area contributed by atoms with E-state index in [4.69, 9.17) is 4.74 Å². The number of phenols is 2. The molecule has 0 spiro atoms. The summed E-state index contributed by atoms with van der Waals surface area (Å²) in [4.78, 5) is 26.2. The average Bonchev–Trinajstić information content (AvgIpc) is 3.13. The van der Waals surface area contributed by atoms with Crippen molar-refractivity contribution in [2.45, 2.75) is 12.6 Å². The number of phenolic OH excluding ortho intramolecular Hbond substituents is 2. The quantitative estimate of drug-likeness (QED) is 0.414. The molecule has 0 radical (unpaired) electrons. The summed E-state index contributed by atoms with van der Waals surface area (Å²) in [5, 5.41) is 20.2. The molecule has 0 aliphatic carbocycles. The normalized spacial score (nSPS) is 15.8. The van der Waals surface area contributed by atoms with Gasteiger partial charge in [-0.1, -0.05) is 34.1 Å². The number of hydrogen-bond donors (Lipinski definition) is 2. The average molecular weight is 498 g/mol. The Morgan fingerprint density at radius 2 is 1.81 bits per heavy atom. The van der Waals surface area contributed by atoms with Gasteiger partial charge in [0.15, 0.2) is 11.5 Å². The van der Waals surface area contributed by atoms with Crippen molar-refractivity contribution in [3.8, 4) is 22.8 Å². The summed E-state index contributed by atoms with van der Waals surface area (Å²) in [7, 11) is 3.10. The van der Waals surface area contributed by atoms with E-state index in [1.165, 1.54) is 23.7 Å². The Kier molecular flexibility index (Phi) is 4.75. The molecule has 1 aliphatic rings. The fraction of sp³-hybridized carbons (Fsp3) is 0.217. The van der Waals surface area contributed by atoms with Crippen molar-refractivity contribution in [3.05, 3.63) is 79.0 Å². The van der Waals surface area contributed by atoms with E-state index in [1.807, 2.05) is 28.8 Å². The van der Waals surface area contributed by atoms with Gasteiger partial charge in [0, 0.05) is 30.7 Å². The molecular formula is C23H20BrN3O5. The summed E-state index contributed by atoms with van der Waals surface area (Å²) in [6.45, 7) is 0.860. The van der Waals surface area contributed by atoms with Crippen LogP contribution in [0.25, 0.3) is 22.2 Å². The number of aromatic nitrogens is 3. The lowest BCUT2D eigenvalue weighted by Crippen LogP contribution is -2.37. The lowest BCUT2D eigenvalue weighted by Gasteiger charge is -2.28. The summed E-state index contributed by atoms with van der Waals surface area (Å²) in [5.41, 5.74) is 2.48. The van der Waals surface area contributed by atoms with Gasteiger partial charge in [-0.25, -0.2) is 4.79 Å². The molecule has 0 bridgehead atoms. The molecule has 0 saturated carbocycles. The van der Waals surface area contributed by atoms with Crippen molar-refractivity contribution in [2.24, 2.45) is 14.1 Å². The molecule has 2 N–H and O–H groups in total. The molecule has 5 rings (SSSR count). The van der Waals surface area contributed by atoms with Crippen molar-refractivity contribution >= 4 is 26.8 Å². The Labute approximate surface area is 190 Å². The van der Waals surface area contributed by atoms with E-state index in [9.17, 15) is 19.8 Å². The highest BCUT2D eigenvalue weighted by atomic mass is 79.9. The number of fused-ring (bicyclic) bond motifs is 3. The zero-order valence-corrected chi connectivity index (χ0v) is 19.0. The van der Waals surface area contributed by atoms with Crippen molar-refractivity contribution in [3.63, 3.8) is 0 Å². The van der Waals surface area contributed by atoms with Gasteiger partial charge in [0.05, 0.1) is 28.9 Å². The highest BCUT2D eigenvalue weighted by molar-refractivity contribution is 9.10. The molecule has 3 heterocycles. The molecule has 164 valence electrons. The van der Waals surface area contributed by atoms with Gasteiger partial charge >= 0.3 is 5.69 Å². The fourth-order valence-electron chi connectivity index (χ4n) is 4.47. The van der Waals surface area contributed by atoms with Crippen LogP contribution in [0.3, 0.4) is 0 Å². The minimum Gasteiger partial charge on any atom is -0.504 e. The largest absolute Gasteiger partial charge is 0.504 e. The first-order valence-corrected chi connectivity index (χ1v) is 10.8. The molecule has 0 amide bonds. The predicted octanol–water partition coefficient (Wildman–Crippen LogP) is 3.00. The van der Waals surface area contributed by atoms with Crippen LogP contribution in [-0.2, 0) is 25.4 Å². The molecular weight excluding hydrogens is 478 g/mol. The van der Waals surface area contributed by atoms with Gasteiger partial charge in [0.1, 0.15) is 6.10 Å². The maximum Gasteiger partial charge on any atom is 0.331 e. The lowest BCUT2D eigenvalue weighted by molar-refractivity contribution is 0.0477. The van der Waals surface area contributed by atoms with Crippen LogP contribution in [-0.4, -0.2) is 30.5 Å². The third kappa shape index (κ3) is 2.92. The highest BCUT2D eigenvalue weighted by Crippen LogP contribution is 2.42. The van der Waals surface area contributed by atoms with Crippen LogP contribution in [0.15, 0.2) is 56.5 Å². The second-order valence-electron chi connectivity index (χ2n) is 7.82. The van der Waals surface area contributed by atoms with Crippen molar-refractivity contribution in [1.82, 2.24) is 13.7 Å². The van der Waals surface area contributed by atoms with Crippen LogP contribution in [0.2, 0.25) is 0 Å². The Morgan fingerprint density at radius 3 is 2.53 bits per heavy atom. The Balaban J connectivity index is 1.94. The van der Waals surface area contributed by atoms with Crippen molar-refractivity contribution in [2.75, 3.05) is 6.61 Å². The fourth-order valence-corrected chi connectivity index (χ4v) is 4.87. The number of aryl methyl sites for hydroxylation is 1.